The van der Waals surface area contributed by atoms with Gasteiger partial charge in [0.15, 0.2) is 5.17 Å². The van der Waals surface area contributed by atoms with Crippen molar-refractivity contribution in [3.8, 4) is 11.3 Å². The van der Waals surface area contributed by atoms with E-state index < -0.39 is 4.92 Å². The summed E-state index contributed by atoms with van der Waals surface area (Å²) < 4.78 is 0. The van der Waals surface area contributed by atoms with Crippen LogP contribution in [0.25, 0.3) is 17.3 Å². The molecule has 1 aliphatic heterocycles. The minimum absolute atomic E-state index is 0.0326. The molecule has 2 heterocycles. The number of non-ortho nitro benzene ring substituents is 1. The predicted octanol–water partition coefficient (Wildman–Crippen LogP) is 6.53. The molecule has 1 aliphatic rings. The number of nitrogens with zero attached hydrogens (tertiary/aromatic N) is 4. The van der Waals surface area contributed by atoms with Gasteiger partial charge in [-0.1, -0.05) is 60.7 Å². The number of nitro benzene ring substituents is 1. The number of hydrogen-bond acceptors (Lipinski definition) is 7. The van der Waals surface area contributed by atoms with Crippen molar-refractivity contribution in [2.75, 3.05) is 4.90 Å². The molecule has 0 aliphatic carbocycles. The van der Waals surface area contributed by atoms with Crippen molar-refractivity contribution in [2.24, 2.45) is 4.99 Å². The first kappa shape index (κ1) is 21.7. The highest BCUT2D eigenvalue weighted by Gasteiger charge is 2.35. The molecule has 1 saturated heterocycles. The Kier molecular flexibility index (Phi) is 6.03. The molecule has 1 aromatic heterocycles. The van der Waals surface area contributed by atoms with E-state index in [0.717, 1.165) is 11.3 Å². The van der Waals surface area contributed by atoms with Crippen LogP contribution in [0.15, 0.2) is 100 Å². The van der Waals surface area contributed by atoms with Crippen LogP contribution in [0.2, 0.25) is 0 Å². The van der Waals surface area contributed by atoms with Gasteiger partial charge in [0.05, 0.1) is 21.2 Å². The third kappa shape index (κ3) is 4.52. The summed E-state index contributed by atoms with van der Waals surface area (Å²) >= 11 is 2.61. The van der Waals surface area contributed by atoms with E-state index in [1.54, 1.807) is 18.2 Å². The second-order valence-corrected chi connectivity index (χ2v) is 9.06. The molecule has 34 heavy (non-hydrogen) atoms. The first-order valence-corrected chi connectivity index (χ1v) is 11.9. The molecular weight excluding hydrogens is 468 g/mol. The maximum absolute atomic E-state index is 13.4. The number of thioether (sulfide) groups is 1. The van der Waals surface area contributed by atoms with E-state index in [1.807, 2.05) is 66.0 Å². The first-order chi connectivity index (χ1) is 16.6. The Morgan fingerprint density at radius 1 is 0.971 bits per heavy atom. The Balaban J connectivity index is 1.53. The smallest absolute Gasteiger partial charge is 0.268 e. The van der Waals surface area contributed by atoms with E-state index in [9.17, 15) is 14.9 Å². The number of carbonyl (C=O) groups is 1. The number of carbonyl (C=O) groups excluding carboxylic acids is 1. The van der Waals surface area contributed by atoms with Crippen LogP contribution in [0, 0.1) is 10.1 Å². The fraction of sp³-hybridized carbons (Fsp3) is 0. The molecule has 1 fully saturated rings. The van der Waals surface area contributed by atoms with E-state index in [2.05, 4.69) is 4.98 Å². The van der Waals surface area contributed by atoms with Gasteiger partial charge in [0.1, 0.15) is 0 Å². The largest absolute Gasteiger partial charge is 0.271 e. The highest BCUT2D eigenvalue weighted by atomic mass is 32.2. The third-order valence-corrected chi connectivity index (χ3v) is 6.66. The van der Waals surface area contributed by atoms with Crippen LogP contribution in [0.3, 0.4) is 0 Å². The number of para-hydroxylation sites is 1. The fourth-order valence-electron chi connectivity index (χ4n) is 3.37. The molecule has 0 radical (unpaired) electrons. The van der Waals surface area contributed by atoms with Gasteiger partial charge in [-0.15, -0.1) is 11.3 Å². The molecule has 3 aromatic carbocycles. The highest BCUT2D eigenvalue weighted by molar-refractivity contribution is 8.19. The molecule has 5 rings (SSSR count). The number of aliphatic imine (C=N–C) groups is 1. The Labute approximate surface area is 203 Å². The summed E-state index contributed by atoms with van der Waals surface area (Å²) in [6.07, 6.45) is 1.65. The van der Waals surface area contributed by atoms with Crippen molar-refractivity contribution in [3.63, 3.8) is 0 Å². The average Bonchev–Trinajstić information content (AvgIpc) is 3.45. The molecule has 0 N–H and O–H groups in total. The van der Waals surface area contributed by atoms with Gasteiger partial charge in [0.25, 0.3) is 11.6 Å². The van der Waals surface area contributed by atoms with Gasteiger partial charge in [0, 0.05) is 23.1 Å². The molecule has 9 heteroatoms. The highest BCUT2D eigenvalue weighted by Crippen LogP contribution is 2.38. The number of amidine groups is 1. The second-order valence-electron chi connectivity index (χ2n) is 7.21. The maximum Gasteiger partial charge on any atom is 0.271 e. The van der Waals surface area contributed by atoms with E-state index in [4.69, 9.17) is 4.99 Å². The number of anilines is 1. The Hall–Kier alpha value is -4.08. The molecule has 0 spiro atoms. The lowest BCUT2D eigenvalue weighted by Gasteiger charge is -2.14. The van der Waals surface area contributed by atoms with E-state index in [1.165, 1.54) is 40.1 Å². The van der Waals surface area contributed by atoms with Crippen molar-refractivity contribution < 1.29 is 9.72 Å². The number of amides is 1. The van der Waals surface area contributed by atoms with Crippen LogP contribution in [-0.4, -0.2) is 21.0 Å². The van der Waals surface area contributed by atoms with Crippen molar-refractivity contribution in [3.05, 3.63) is 111 Å². The Morgan fingerprint density at radius 3 is 2.44 bits per heavy atom. The number of aromatic nitrogens is 1. The number of hydrogen-bond donors (Lipinski definition) is 0. The average molecular weight is 485 g/mol. The van der Waals surface area contributed by atoms with Crippen LogP contribution < -0.4 is 4.90 Å². The van der Waals surface area contributed by atoms with Crippen LogP contribution in [0.4, 0.5) is 16.5 Å². The summed E-state index contributed by atoms with van der Waals surface area (Å²) in [5.74, 6) is -0.249. The van der Waals surface area contributed by atoms with Crippen LogP contribution in [0.1, 0.15) is 5.56 Å². The summed E-state index contributed by atoms with van der Waals surface area (Å²) in [5.41, 5.74) is 3.03. The lowest BCUT2D eigenvalue weighted by molar-refractivity contribution is -0.384. The zero-order valence-electron chi connectivity index (χ0n) is 17.6. The third-order valence-electron chi connectivity index (χ3n) is 4.95. The van der Waals surface area contributed by atoms with Crippen molar-refractivity contribution in [1.29, 1.82) is 0 Å². The first-order valence-electron chi connectivity index (χ1n) is 10.2. The standard InChI is InChI=1S/C25H16N4O3S2/c30-23-22(15-17-8-7-13-20(14-17)29(31)32)34-25(28(23)19-11-5-2-6-12-19)27-24-26-21(16-33-24)18-9-3-1-4-10-18/h1-16H/b22-15-,27-25+. The maximum atomic E-state index is 13.4. The number of nitro groups is 1. The zero-order valence-corrected chi connectivity index (χ0v) is 19.2. The predicted molar refractivity (Wildman–Crippen MR) is 137 cm³/mol. The zero-order chi connectivity index (χ0) is 23.5. The van der Waals surface area contributed by atoms with Gasteiger partial charge in [-0.3, -0.25) is 19.8 Å². The molecule has 7 nitrogen and oxygen atoms in total. The molecule has 0 atom stereocenters. The topological polar surface area (TPSA) is 88.7 Å². The monoisotopic (exact) mass is 484 g/mol. The molecular formula is C25H16N4O3S2. The summed E-state index contributed by atoms with van der Waals surface area (Å²) in [6, 6.07) is 25.2. The second kappa shape index (κ2) is 9.42. The molecule has 1 amide bonds. The van der Waals surface area contributed by atoms with E-state index in [0.29, 0.717) is 26.5 Å². The van der Waals surface area contributed by atoms with Crippen LogP contribution >= 0.6 is 23.1 Å². The summed E-state index contributed by atoms with van der Waals surface area (Å²) in [4.78, 5) is 35.3. The van der Waals surface area contributed by atoms with Gasteiger partial charge < -0.3 is 0 Å². The summed E-state index contributed by atoms with van der Waals surface area (Å²) in [5, 5.41) is 14.1. The van der Waals surface area contributed by atoms with Crippen molar-refractivity contribution in [2.45, 2.75) is 0 Å². The molecule has 0 unspecified atom stereocenters. The quantitative estimate of drug-likeness (QED) is 0.183. The van der Waals surface area contributed by atoms with Crippen LogP contribution in [-0.2, 0) is 4.79 Å². The van der Waals surface area contributed by atoms with Crippen molar-refractivity contribution in [1.82, 2.24) is 4.98 Å². The molecule has 166 valence electrons. The van der Waals surface area contributed by atoms with Gasteiger partial charge in [-0.2, -0.15) is 4.99 Å². The number of thiazole rings is 1. The van der Waals surface area contributed by atoms with Gasteiger partial charge in [-0.25, -0.2) is 4.98 Å². The summed E-state index contributed by atoms with van der Waals surface area (Å²) in [6.45, 7) is 0. The van der Waals surface area contributed by atoms with Crippen molar-refractivity contribution >= 4 is 56.8 Å². The van der Waals surface area contributed by atoms with Gasteiger partial charge in [0.2, 0.25) is 5.13 Å². The van der Waals surface area contributed by atoms with Gasteiger partial charge in [-0.05, 0) is 35.5 Å². The lowest BCUT2D eigenvalue weighted by Crippen LogP contribution is -2.28. The normalized spacial score (nSPS) is 15.9. The molecule has 0 bridgehead atoms. The van der Waals surface area contributed by atoms with E-state index >= 15 is 0 Å². The minimum Gasteiger partial charge on any atom is -0.268 e. The SMILES string of the molecule is O=C1/C(=C/c2cccc([N+](=O)[O-])c2)S/C(=N/c2nc(-c3ccccc3)cs2)N1c1ccccc1. The summed E-state index contributed by atoms with van der Waals surface area (Å²) in [7, 11) is 0. The fourth-order valence-corrected chi connectivity index (χ4v) is 5.11. The Bertz CT molecular complexity index is 1430. The van der Waals surface area contributed by atoms with E-state index in [-0.39, 0.29) is 11.6 Å². The number of rotatable bonds is 5. The number of benzene rings is 3. The Morgan fingerprint density at radius 2 is 1.71 bits per heavy atom. The van der Waals surface area contributed by atoms with Gasteiger partial charge >= 0.3 is 0 Å². The lowest BCUT2D eigenvalue weighted by atomic mass is 10.2. The minimum atomic E-state index is -0.457. The molecule has 0 saturated carbocycles. The molecule has 4 aromatic rings. The van der Waals surface area contributed by atoms with Crippen LogP contribution in [0.5, 0.6) is 0 Å².